The van der Waals surface area contributed by atoms with Crippen molar-refractivity contribution in [1.29, 1.82) is 0 Å². The Labute approximate surface area is 156 Å². The number of H-pyrrole nitrogens is 1. The van der Waals surface area contributed by atoms with Gasteiger partial charge in [0, 0.05) is 29.5 Å². The number of nitrogens with one attached hydrogen (secondary N) is 2. The SMILES string of the molecule is CC.CN=C(NOC=O)c1ccc(-c2nc3c(c(=O)[nH]2)CSCC3)cc1. The van der Waals surface area contributed by atoms with Crippen molar-refractivity contribution in [3.8, 4) is 11.4 Å². The van der Waals surface area contributed by atoms with Crippen LogP contribution in [0, 0.1) is 0 Å². The highest BCUT2D eigenvalue weighted by Gasteiger charge is 2.16. The van der Waals surface area contributed by atoms with E-state index in [0.717, 1.165) is 40.3 Å². The molecule has 1 aliphatic rings. The van der Waals surface area contributed by atoms with Crippen LogP contribution in [0.1, 0.15) is 30.7 Å². The number of amidine groups is 1. The zero-order chi connectivity index (χ0) is 18.9. The van der Waals surface area contributed by atoms with Gasteiger partial charge in [-0.3, -0.25) is 14.6 Å². The molecular weight excluding hydrogens is 352 g/mol. The first-order valence-electron chi connectivity index (χ1n) is 8.35. The maximum atomic E-state index is 12.2. The summed E-state index contributed by atoms with van der Waals surface area (Å²) in [6.07, 6.45) is 0.814. The third kappa shape index (κ3) is 4.51. The van der Waals surface area contributed by atoms with Crippen LogP contribution in [-0.2, 0) is 21.8 Å². The first kappa shape index (κ1) is 19.7. The van der Waals surface area contributed by atoms with E-state index in [1.807, 2.05) is 38.1 Å². The standard InChI is InChI=1S/C16H16N4O3S.C2H6/c1-17-14(20-23-9-21)10-2-4-11(5-3-10)15-18-13-6-7-24-8-12(13)16(22)19-15;1-2/h2-5,9H,6-8H2,1H3,(H,17,20)(H,18,19,22);1-2H3. The van der Waals surface area contributed by atoms with Gasteiger partial charge in [-0.2, -0.15) is 11.8 Å². The number of aromatic amines is 1. The maximum absolute atomic E-state index is 12.2. The normalized spacial score (nSPS) is 13.1. The molecule has 0 bridgehead atoms. The molecule has 26 heavy (non-hydrogen) atoms. The highest BCUT2D eigenvalue weighted by molar-refractivity contribution is 7.98. The van der Waals surface area contributed by atoms with Crippen molar-refractivity contribution in [3.63, 3.8) is 0 Å². The largest absolute Gasteiger partial charge is 0.345 e. The predicted molar refractivity (Wildman–Crippen MR) is 104 cm³/mol. The number of carbonyl (C=O) groups is 1. The van der Waals surface area contributed by atoms with E-state index in [-0.39, 0.29) is 5.56 Å². The van der Waals surface area contributed by atoms with Gasteiger partial charge in [0.1, 0.15) is 5.82 Å². The molecule has 0 saturated carbocycles. The van der Waals surface area contributed by atoms with Gasteiger partial charge in [-0.1, -0.05) is 38.1 Å². The molecule has 7 nitrogen and oxygen atoms in total. The van der Waals surface area contributed by atoms with Crippen molar-refractivity contribution in [2.45, 2.75) is 26.0 Å². The molecule has 3 rings (SSSR count). The second-order valence-electron chi connectivity index (χ2n) is 5.11. The molecule has 1 aliphatic heterocycles. The lowest BCUT2D eigenvalue weighted by atomic mass is 10.1. The average Bonchev–Trinajstić information content (AvgIpc) is 2.70. The summed E-state index contributed by atoms with van der Waals surface area (Å²) in [6, 6.07) is 7.30. The highest BCUT2D eigenvalue weighted by atomic mass is 32.2. The number of hydrogen-bond acceptors (Lipinski definition) is 6. The fourth-order valence-corrected chi connectivity index (χ4v) is 3.46. The summed E-state index contributed by atoms with van der Waals surface area (Å²) in [6.45, 7) is 4.29. The zero-order valence-electron chi connectivity index (χ0n) is 15.0. The number of rotatable bonds is 4. The molecule has 0 radical (unpaired) electrons. The van der Waals surface area contributed by atoms with Gasteiger partial charge in [-0.15, -0.1) is 0 Å². The second kappa shape index (κ2) is 9.76. The molecule has 0 unspecified atom stereocenters. The molecule has 0 aliphatic carbocycles. The highest BCUT2D eigenvalue weighted by Crippen LogP contribution is 2.22. The van der Waals surface area contributed by atoms with Gasteiger partial charge in [0.15, 0.2) is 5.84 Å². The lowest BCUT2D eigenvalue weighted by Gasteiger charge is -2.14. The number of hydroxylamine groups is 1. The third-order valence-corrected chi connectivity index (χ3v) is 4.68. The van der Waals surface area contributed by atoms with Crippen molar-refractivity contribution in [2.75, 3.05) is 12.8 Å². The summed E-state index contributed by atoms with van der Waals surface area (Å²) in [5, 5.41) is 0. The molecule has 0 amide bonds. The molecular formula is C18H22N4O3S. The van der Waals surface area contributed by atoms with E-state index in [4.69, 9.17) is 0 Å². The summed E-state index contributed by atoms with van der Waals surface area (Å²) < 4.78 is 0. The molecule has 8 heteroatoms. The zero-order valence-corrected chi connectivity index (χ0v) is 15.9. The Balaban J connectivity index is 0.00000117. The van der Waals surface area contributed by atoms with Crippen molar-refractivity contribution in [3.05, 3.63) is 51.4 Å². The summed E-state index contributed by atoms with van der Waals surface area (Å²) in [4.78, 5) is 38.5. The van der Waals surface area contributed by atoms with E-state index in [1.165, 1.54) is 0 Å². The van der Waals surface area contributed by atoms with Crippen LogP contribution in [-0.4, -0.2) is 35.1 Å². The van der Waals surface area contributed by atoms with Gasteiger partial charge in [-0.25, -0.2) is 10.5 Å². The minimum absolute atomic E-state index is 0.0665. The fourth-order valence-electron chi connectivity index (χ4n) is 2.48. The molecule has 1 aromatic heterocycles. The van der Waals surface area contributed by atoms with Crippen LogP contribution in [0.5, 0.6) is 0 Å². The molecule has 1 aromatic carbocycles. The first-order chi connectivity index (χ1) is 12.7. The Bertz CT molecular complexity index is 831. The fraction of sp³-hybridized carbons (Fsp3) is 0.333. The topological polar surface area (TPSA) is 96.4 Å². The van der Waals surface area contributed by atoms with Crippen LogP contribution in [0.4, 0.5) is 0 Å². The predicted octanol–water partition coefficient (Wildman–Crippen LogP) is 2.31. The summed E-state index contributed by atoms with van der Waals surface area (Å²) in [7, 11) is 1.59. The number of nitrogens with zero attached hydrogens (tertiary/aromatic N) is 2. The molecule has 0 spiro atoms. The number of aryl methyl sites for hydroxylation is 1. The van der Waals surface area contributed by atoms with E-state index in [0.29, 0.717) is 18.1 Å². The average molecular weight is 374 g/mol. The van der Waals surface area contributed by atoms with Gasteiger partial charge in [0.25, 0.3) is 5.56 Å². The van der Waals surface area contributed by atoms with E-state index in [2.05, 4.69) is 25.3 Å². The molecule has 0 atom stereocenters. The smallest absolute Gasteiger partial charge is 0.320 e. The number of carbonyl (C=O) groups excluding carboxylic acids is 1. The number of aliphatic imine (C=N–C) groups is 1. The monoisotopic (exact) mass is 374 g/mol. The Kier molecular flexibility index (Phi) is 7.40. The van der Waals surface area contributed by atoms with Gasteiger partial charge < -0.3 is 9.82 Å². The van der Waals surface area contributed by atoms with Crippen LogP contribution in [0.15, 0.2) is 34.1 Å². The van der Waals surface area contributed by atoms with Crippen LogP contribution >= 0.6 is 11.8 Å². The minimum atomic E-state index is -0.0665. The maximum Gasteiger partial charge on any atom is 0.320 e. The Morgan fingerprint density at radius 2 is 2.08 bits per heavy atom. The Morgan fingerprint density at radius 3 is 2.73 bits per heavy atom. The van der Waals surface area contributed by atoms with Crippen LogP contribution < -0.4 is 11.0 Å². The van der Waals surface area contributed by atoms with Gasteiger partial charge in [0.2, 0.25) is 0 Å². The van der Waals surface area contributed by atoms with E-state index in [9.17, 15) is 9.59 Å². The van der Waals surface area contributed by atoms with Gasteiger partial charge in [0.05, 0.1) is 5.69 Å². The number of hydrogen-bond donors (Lipinski definition) is 2. The summed E-state index contributed by atoms with van der Waals surface area (Å²) in [5.41, 5.74) is 5.61. The third-order valence-electron chi connectivity index (χ3n) is 3.69. The summed E-state index contributed by atoms with van der Waals surface area (Å²) >= 11 is 1.75. The molecule has 138 valence electrons. The molecule has 2 aromatic rings. The Hall–Kier alpha value is -2.61. The van der Waals surface area contributed by atoms with Gasteiger partial charge >= 0.3 is 6.47 Å². The van der Waals surface area contributed by atoms with Crippen molar-refractivity contribution in [1.82, 2.24) is 15.4 Å². The lowest BCUT2D eigenvalue weighted by Crippen LogP contribution is -2.24. The van der Waals surface area contributed by atoms with Crippen molar-refractivity contribution >= 4 is 24.1 Å². The minimum Gasteiger partial charge on any atom is -0.345 e. The van der Waals surface area contributed by atoms with Gasteiger partial charge in [-0.05, 0) is 12.2 Å². The number of thioether (sulfide) groups is 1. The molecule has 2 N–H and O–H groups in total. The first-order valence-corrected chi connectivity index (χ1v) is 9.51. The molecule has 2 heterocycles. The van der Waals surface area contributed by atoms with Crippen LogP contribution in [0.2, 0.25) is 0 Å². The molecule has 0 fully saturated rings. The lowest BCUT2D eigenvalue weighted by molar-refractivity contribution is -0.132. The van der Waals surface area contributed by atoms with E-state index >= 15 is 0 Å². The van der Waals surface area contributed by atoms with Crippen LogP contribution in [0.25, 0.3) is 11.4 Å². The van der Waals surface area contributed by atoms with E-state index < -0.39 is 0 Å². The summed E-state index contributed by atoms with van der Waals surface area (Å²) in [5.74, 6) is 2.69. The molecule has 0 saturated heterocycles. The number of fused-ring (bicyclic) bond motifs is 1. The Morgan fingerprint density at radius 1 is 1.35 bits per heavy atom. The van der Waals surface area contributed by atoms with Crippen molar-refractivity contribution < 1.29 is 9.63 Å². The quantitative estimate of drug-likeness (QED) is 0.369. The van der Waals surface area contributed by atoms with E-state index in [1.54, 1.807) is 18.8 Å². The number of aromatic nitrogens is 2. The van der Waals surface area contributed by atoms with Crippen LogP contribution in [0.3, 0.4) is 0 Å². The number of benzene rings is 1. The van der Waals surface area contributed by atoms with Crippen molar-refractivity contribution in [2.24, 2.45) is 4.99 Å². The second-order valence-corrected chi connectivity index (χ2v) is 6.21.